The van der Waals surface area contributed by atoms with Crippen molar-refractivity contribution in [3.05, 3.63) is 28.2 Å². The summed E-state index contributed by atoms with van der Waals surface area (Å²) in [7, 11) is 0. The number of nitrogens with one attached hydrogen (secondary N) is 1. The molecule has 1 aromatic carbocycles. The minimum absolute atomic E-state index is 0.0741. The molecule has 0 saturated carbocycles. The molecule has 98 valence electrons. The van der Waals surface area contributed by atoms with Gasteiger partial charge in [0.2, 0.25) is 0 Å². The van der Waals surface area contributed by atoms with Gasteiger partial charge < -0.3 is 16.2 Å². The van der Waals surface area contributed by atoms with Crippen LogP contribution in [0.5, 0.6) is 5.75 Å². The third-order valence-corrected chi connectivity index (χ3v) is 3.61. The van der Waals surface area contributed by atoms with E-state index in [1.165, 1.54) is 6.07 Å². The Morgan fingerprint density at radius 3 is 2.67 bits per heavy atom. The largest absolute Gasteiger partial charge is 0.507 e. The molecule has 0 radical (unpaired) electrons. The second-order valence-electron chi connectivity index (χ2n) is 4.59. The molecule has 1 amide bonds. The number of carbonyl (C=O) groups excluding carboxylic acids is 1. The van der Waals surface area contributed by atoms with Crippen molar-refractivity contribution >= 4 is 39.0 Å². The van der Waals surface area contributed by atoms with Crippen LogP contribution in [0.3, 0.4) is 0 Å². The van der Waals surface area contributed by atoms with Gasteiger partial charge in [0, 0.05) is 16.4 Å². The zero-order valence-corrected chi connectivity index (χ0v) is 12.6. The fraction of sp³-hybridized carbons (Fsp3) is 0.333. The Labute approximate surface area is 120 Å². The van der Waals surface area contributed by atoms with E-state index in [1.807, 2.05) is 13.8 Å². The van der Waals surface area contributed by atoms with E-state index < -0.39 is 5.41 Å². The summed E-state index contributed by atoms with van der Waals surface area (Å²) in [5, 5.41) is 12.4. The molecule has 0 bridgehead atoms. The second kappa shape index (κ2) is 5.67. The molecule has 0 aromatic heterocycles. The van der Waals surface area contributed by atoms with Crippen molar-refractivity contribution in [2.45, 2.75) is 13.8 Å². The van der Waals surface area contributed by atoms with Crippen molar-refractivity contribution in [2.24, 2.45) is 11.1 Å². The number of hydrogen-bond donors (Lipinski definition) is 3. The molecule has 4 N–H and O–H groups in total. The summed E-state index contributed by atoms with van der Waals surface area (Å²) in [6, 6.07) is 4.70. The maximum absolute atomic E-state index is 11.9. The lowest BCUT2D eigenvalue weighted by Crippen LogP contribution is -2.41. The van der Waals surface area contributed by atoms with Crippen molar-refractivity contribution in [3.63, 3.8) is 0 Å². The summed E-state index contributed by atoms with van der Waals surface area (Å²) in [5.74, 6) is -0.431. The summed E-state index contributed by atoms with van der Waals surface area (Å²) in [5.41, 5.74) is 5.33. The fourth-order valence-electron chi connectivity index (χ4n) is 1.18. The first kappa shape index (κ1) is 14.9. The van der Waals surface area contributed by atoms with Crippen LogP contribution in [0.25, 0.3) is 0 Å². The molecule has 0 aliphatic rings. The summed E-state index contributed by atoms with van der Waals surface area (Å²) in [6.07, 6.45) is 0. The van der Waals surface area contributed by atoms with E-state index in [0.29, 0.717) is 16.0 Å². The molecule has 1 aromatic rings. The number of carbonyl (C=O) groups is 1. The molecule has 1 rings (SSSR count). The Bertz CT molecular complexity index is 489. The monoisotopic (exact) mass is 330 g/mol. The number of phenolic OH excluding ortho intramolecular Hbond substituents is 1. The summed E-state index contributed by atoms with van der Waals surface area (Å²) in [6.45, 7) is 4.00. The van der Waals surface area contributed by atoms with Crippen molar-refractivity contribution in [1.82, 2.24) is 5.32 Å². The van der Waals surface area contributed by atoms with Gasteiger partial charge in [-0.25, -0.2) is 0 Å². The van der Waals surface area contributed by atoms with Crippen LogP contribution in [0.4, 0.5) is 0 Å². The van der Waals surface area contributed by atoms with E-state index >= 15 is 0 Å². The Morgan fingerprint density at radius 1 is 1.56 bits per heavy atom. The van der Waals surface area contributed by atoms with Crippen molar-refractivity contribution in [1.29, 1.82) is 0 Å². The van der Waals surface area contributed by atoms with Crippen molar-refractivity contribution in [3.8, 4) is 5.75 Å². The Kier molecular flexibility index (Phi) is 4.70. The van der Waals surface area contributed by atoms with E-state index in [9.17, 15) is 9.90 Å². The van der Waals surface area contributed by atoms with Crippen LogP contribution < -0.4 is 11.1 Å². The average Bonchev–Trinajstić information content (AvgIpc) is 2.25. The first-order chi connectivity index (χ1) is 8.24. The smallest absolute Gasteiger partial charge is 0.255 e. The van der Waals surface area contributed by atoms with Crippen LogP contribution in [0.1, 0.15) is 24.2 Å². The number of thiocarbonyl (C=S) groups is 1. The molecular weight excluding hydrogens is 316 g/mol. The van der Waals surface area contributed by atoms with E-state index in [-0.39, 0.29) is 17.2 Å². The highest BCUT2D eigenvalue weighted by atomic mass is 79.9. The highest BCUT2D eigenvalue weighted by Gasteiger charge is 2.23. The van der Waals surface area contributed by atoms with Crippen molar-refractivity contribution < 1.29 is 9.90 Å². The first-order valence-corrected chi connectivity index (χ1v) is 6.51. The summed E-state index contributed by atoms with van der Waals surface area (Å²) >= 11 is 8.12. The van der Waals surface area contributed by atoms with Gasteiger partial charge in [-0.2, -0.15) is 0 Å². The third-order valence-electron chi connectivity index (χ3n) is 2.56. The number of benzene rings is 1. The molecule has 4 nitrogen and oxygen atoms in total. The molecule has 0 unspecified atom stereocenters. The lowest BCUT2D eigenvalue weighted by molar-refractivity contribution is 0.0942. The van der Waals surface area contributed by atoms with E-state index in [4.69, 9.17) is 18.0 Å². The quantitative estimate of drug-likeness (QED) is 0.740. The topological polar surface area (TPSA) is 75.3 Å². The number of aromatic hydroxyl groups is 1. The van der Waals surface area contributed by atoms with E-state index in [0.717, 1.165) is 0 Å². The third kappa shape index (κ3) is 3.68. The predicted molar refractivity (Wildman–Crippen MR) is 78.7 cm³/mol. The Morgan fingerprint density at radius 2 is 2.17 bits per heavy atom. The molecule has 6 heteroatoms. The van der Waals surface area contributed by atoms with Crippen LogP contribution in [0, 0.1) is 5.41 Å². The number of nitrogens with two attached hydrogens (primary N) is 1. The van der Waals surface area contributed by atoms with E-state index in [2.05, 4.69) is 21.2 Å². The number of rotatable bonds is 4. The summed E-state index contributed by atoms with van der Waals surface area (Å²) < 4.78 is 0.708. The van der Waals surface area contributed by atoms with Gasteiger partial charge in [0.15, 0.2) is 0 Å². The first-order valence-electron chi connectivity index (χ1n) is 5.30. The van der Waals surface area contributed by atoms with Crippen LogP contribution in [0.2, 0.25) is 0 Å². The van der Waals surface area contributed by atoms with Gasteiger partial charge >= 0.3 is 0 Å². The minimum atomic E-state index is -0.462. The molecule has 0 aliphatic heterocycles. The molecule has 18 heavy (non-hydrogen) atoms. The van der Waals surface area contributed by atoms with Crippen LogP contribution >= 0.6 is 28.1 Å². The summed E-state index contributed by atoms with van der Waals surface area (Å²) in [4.78, 5) is 12.2. The van der Waals surface area contributed by atoms with Crippen LogP contribution in [0.15, 0.2) is 22.7 Å². The molecule has 0 spiro atoms. The van der Waals surface area contributed by atoms with Gasteiger partial charge in [-0.05, 0) is 18.2 Å². The molecule has 0 saturated heterocycles. The molecular formula is C12H15BrN2O2S. The molecule has 0 heterocycles. The maximum atomic E-state index is 11.9. The zero-order chi connectivity index (χ0) is 13.9. The fourth-order valence-corrected chi connectivity index (χ4v) is 1.60. The van der Waals surface area contributed by atoms with E-state index in [1.54, 1.807) is 12.1 Å². The maximum Gasteiger partial charge on any atom is 0.255 e. The molecule has 0 fully saturated rings. The van der Waals surface area contributed by atoms with Crippen molar-refractivity contribution in [2.75, 3.05) is 6.54 Å². The number of amides is 1. The SMILES string of the molecule is CC(C)(CNC(=O)c1ccc(Br)cc1O)C(N)=S. The number of halogens is 1. The van der Waals surface area contributed by atoms with Gasteiger partial charge in [-0.15, -0.1) is 0 Å². The normalized spacial score (nSPS) is 11.1. The predicted octanol–water partition coefficient (Wildman–Crippen LogP) is 2.20. The minimum Gasteiger partial charge on any atom is -0.507 e. The highest BCUT2D eigenvalue weighted by molar-refractivity contribution is 9.10. The standard InChI is InChI=1S/C12H15BrN2O2S/c1-12(2,11(14)18)6-15-10(17)8-4-3-7(13)5-9(8)16/h3-5,16H,6H2,1-2H3,(H2,14,18)(H,15,17). The van der Waals surface area contributed by atoms with Gasteiger partial charge in [-0.3, -0.25) is 4.79 Å². The molecule has 0 aliphatic carbocycles. The van der Waals surface area contributed by atoms with Gasteiger partial charge in [-0.1, -0.05) is 42.0 Å². The van der Waals surface area contributed by atoms with Gasteiger partial charge in [0.25, 0.3) is 5.91 Å². The zero-order valence-electron chi connectivity index (χ0n) is 10.2. The Balaban J connectivity index is 2.75. The number of hydrogen-bond acceptors (Lipinski definition) is 3. The lowest BCUT2D eigenvalue weighted by Gasteiger charge is -2.23. The molecule has 0 atom stereocenters. The average molecular weight is 331 g/mol. The lowest BCUT2D eigenvalue weighted by atomic mass is 9.93. The second-order valence-corrected chi connectivity index (χ2v) is 5.95. The number of phenols is 1. The Hall–Kier alpha value is -1.14. The highest BCUT2D eigenvalue weighted by Crippen LogP contribution is 2.22. The van der Waals surface area contributed by atoms with Crippen LogP contribution in [-0.4, -0.2) is 22.5 Å². The van der Waals surface area contributed by atoms with Crippen LogP contribution in [-0.2, 0) is 0 Å². The van der Waals surface area contributed by atoms with Gasteiger partial charge in [0.05, 0.1) is 10.6 Å². The van der Waals surface area contributed by atoms with Gasteiger partial charge in [0.1, 0.15) is 5.75 Å².